The Morgan fingerprint density at radius 2 is 1.57 bits per heavy atom. The Bertz CT molecular complexity index is 2110. The summed E-state index contributed by atoms with van der Waals surface area (Å²) in [6.07, 6.45) is 1.90. The number of benzene rings is 4. The Balaban J connectivity index is 0.00000372. The van der Waals surface area contributed by atoms with Crippen LogP contribution in [0.5, 0.6) is 5.75 Å². The Hall–Kier alpha value is -4.27. The third kappa shape index (κ3) is 5.13. The van der Waals surface area contributed by atoms with Gasteiger partial charge in [-0.05, 0) is 107 Å². The molecular formula is C41H38N3OPt-. The van der Waals surface area contributed by atoms with Gasteiger partial charge in [0.05, 0.1) is 0 Å². The van der Waals surface area contributed by atoms with Crippen LogP contribution in [0.25, 0.3) is 33.3 Å². The van der Waals surface area contributed by atoms with Crippen LogP contribution in [0.4, 0.5) is 17.2 Å². The molecule has 4 nitrogen and oxygen atoms in total. The number of pyridine rings is 2. The van der Waals surface area contributed by atoms with E-state index in [1.54, 1.807) is 6.07 Å². The van der Waals surface area contributed by atoms with Gasteiger partial charge in [-0.2, -0.15) is 0 Å². The van der Waals surface area contributed by atoms with Crippen LogP contribution in [0.2, 0.25) is 0 Å². The van der Waals surface area contributed by atoms with Crippen molar-refractivity contribution >= 4 is 28.1 Å². The van der Waals surface area contributed by atoms with E-state index in [2.05, 4.69) is 126 Å². The largest absolute Gasteiger partial charge is 0.506 e. The second-order valence-corrected chi connectivity index (χ2v) is 13.2. The molecule has 4 aromatic carbocycles. The van der Waals surface area contributed by atoms with E-state index in [1.165, 1.54) is 38.9 Å². The number of phenolic OH excluding ortho intramolecular Hbond substituents is 1. The van der Waals surface area contributed by atoms with Crippen molar-refractivity contribution < 1.29 is 26.2 Å². The number of aromatic hydroxyl groups is 1. The van der Waals surface area contributed by atoms with Crippen LogP contribution in [0.15, 0.2) is 91.1 Å². The van der Waals surface area contributed by atoms with E-state index in [4.69, 9.17) is 9.97 Å². The van der Waals surface area contributed by atoms with Crippen molar-refractivity contribution in [1.82, 2.24) is 9.97 Å². The van der Waals surface area contributed by atoms with E-state index >= 15 is 0 Å². The van der Waals surface area contributed by atoms with Crippen molar-refractivity contribution in [3.05, 3.63) is 131 Å². The molecule has 2 aromatic heterocycles. The van der Waals surface area contributed by atoms with Gasteiger partial charge < -0.3 is 10.0 Å². The van der Waals surface area contributed by atoms with Crippen LogP contribution >= 0.6 is 0 Å². The average Bonchev–Trinajstić information content (AvgIpc) is 3.01. The van der Waals surface area contributed by atoms with Crippen LogP contribution < -0.4 is 4.90 Å². The molecule has 0 saturated heterocycles. The van der Waals surface area contributed by atoms with Crippen molar-refractivity contribution in [3.8, 4) is 28.1 Å². The summed E-state index contributed by atoms with van der Waals surface area (Å²) in [6, 6.07) is 33.3. The molecule has 46 heavy (non-hydrogen) atoms. The van der Waals surface area contributed by atoms with Crippen LogP contribution in [0, 0.1) is 26.8 Å². The second kappa shape index (κ2) is 11.8. The zero-order chi connectivity index (χ0) is 31.6. The van der Waals surface area contributed by atoms with Crippen LogP contribution in [0.1, 0.15) is 67.0 Å². The molecule has 5 heteroatoms. The van der Waals surface area contributed by atoms with Gasteiger partial charge in [0.25, 0.3) is 0 Å². The van der Waals surface area contributed by atoms with Crippen LogP contribution in [0.3, 0.4) is 0 Å². The molecule has 0 bridgehead atoms. The molecule has 234 valence electrons. The minimum Gasteiger partial charge on any atom is -0.506 e. The molecule has 0 fully saturated rings. The summed E-state index contributed by atoms with van der Waals surface area (Å²) in [6.45, 7) is 15.4. The quantitative estimate of drug-likeness (QED) is 0.181. The number of fused-ring (bicyclic) bond motifs is 3. The molecule has 7 rings (SSSR count). The minimum atomic E-state index is -0.235. The van der Waals surface area contributed by atoms with Crippen LogP contribution in [-0.4, -0.2) is 15.1 Å². The number of nitrogens with zero attached hydrogens (tertiary/aromatic N) is 3. The first-order chi connectivity index (χ1) is 21.5. The standard InChI is InChI=1S/C41H38N3O.Pt/c1-24(2)28-18-19-42-38(23-28)44-35-11-9-8-10-32(35)41(6,7)33-15-12-29(22-36(33)44)34-16-13-31-30(14-17-37(45)40(31)43-34)39-26(4)20-25(3)21-27(39)5;/h8-21,23-24,45H,1-7H3;/q-1;. The van der Waals surface area contributed by atoms with Crippen molar-refractivity contribution in [3.63, 3.8) is 0 Å². The average molecular weight is 784 g/mol. The summed E-state index contributed by atoms with van der Waals surface area (Å²) in [4.78, 5) is 12.2. The molecule has 0 unspecified atom stereocenters. The van der Waals surface area contributed by atoms with Crippen LogP contribution in [-0.2, 0) is 26.5 Å². The summed E-state index contributed by atoms with van der Waals surface area (Å²) >= 11 is 0. The number of aryl methyl sites for hydroxylation is 3. The molecule has 6 aromatic rings. The summed E-state index contributed by atoms with van der Waals surface area (Å²) in [5, 5.41) is 12.0. The van der Waals surface area contributed by atoms with E-state index < -0.39 is 0 Å². The maximum Gasteiger partial charge on any atom is 0.140 e. The Morgan fingerprint density at radius 1 is 0.826 bits per heavy atom. The van der Waals surface area contributed by atoms with Gasteiger partial charge in [-0.15, -0.1) is 23.8 Å². The molecule has 0 atom stereocenters. The van der Waals surface area contributed by atoms with E-state index in [-0.39, 0.29) is 32.2 Å². The predicted octanol–water partition coefficient (Wildman–Crippen LogP) is 10.6. The van der Waals surface area contributed by atoms with Gasteiger partial charge in [0.2, 0.25) is 0 Å². The summed E-state index contributed by atoms with van der Waals surface area (Å²) in [7, 11) is 0. The van der Waals surface area contributed by atoms with Crippen molar-refractivity contribution in [2.45, 2.75) is 59.8 Å². The molecule has 0 radical (unpaired) electrons. The molecule has 0 aliphatic carbocycles. The first-order valence-electron chi connectivity index (χ1n) is 15.7. The van der Waals surface area contributed by atoms with E-state index in [0.717, 1.165) is 39.4 Å². The molecule has 3 heterocycles. The zero-order valence-corrected chi connectivity index (χ0v) is 29.6. The van der Waals surface area contributed by atoms with Gasteiger partial charge >= 0.3 is 0 Å². The normalized spacial score (nSPS) is 13.3. The van der Waals surface area contributed by atoms with Crippen molar-refractivity contribution in [1.29, 1.82) is 0 Å². The fourth-order valence-corrected chi connectivity index (χ4v) is 7.10. The van der Waals surface area contributed by atoms with Crippen molar-refractivity contribution in [2.75, 3.05) is 4.90 Å². The summed E-state index contributed by atoms with van der Waals surface area (Å²) < 4.78 is 0. The first-order valence-corrected chi connectivity index (χ1v) is 15.7. The SMILES string of the molecule is Cc1cc(C)c(-c2ccc(O)c3nc(-c4[c-]c5c(cc4)C(C)(C)c4ccccc4N5c4cc(C(C)C)ccn4)ccc23)c(C)c1.[Pt]. The fraction of sp³-hybridized carbons (Fsp3) is 0.220. The number of phenols is 1. The smallest absolute Gasteiger partial charge is 0.140 e. The third-order valence-corrected chi connectivity index (χ3v) is 9.36. The Labute approximate surface area is 286 Å². The number of aromatic nitrogens is 2. The van der Waals surface area contributed by atoms with E-state index in [0.29, 0.717) is 11.4 Å². The molecule has 1 N–H and O–H groups in total. The molecule has 1 aliphatic heterocycles. The first kappa shape index (κ1) is 31.7. The topological polar surface area (TPSA) is 49.3 Å². The Kier molecular flexibility index (Phi) is 8.15. The molecule has 1 aliphatic rings. The maximum atomic E-state index is 11.0. The van der Waals surface area contributed by atoms with Gasteiger partial charge in [-0.1, -0.05) is 81.3 Å². The molecule has 0 amide bonds. The van der Waals surface area contributed by atoms with Gasteiger partial charge in [-0.3, -0.25) is 4.98 Å². The number of para-hydroxylation sites is 1. The van der Waals surface area contributed by atoms with E-state index in [1.807, 2.05) is 18.3 Å². The number of anilines is 3. The minimum absolute atomic E-state index is 0. The number of rotatable bonds is 4. The zero-order valence-electron chi connectivity index (χ0n) is 27.3. The molecular weight excluding hydrogens is 746 g/mol. The van der Waals surface area contributed by atoms with E-state index in [9.17, 15) is 5.11 Å². The maximum absolute atomic E-state index is 11.0. The van der Waals surface area contributed by atoms with Gasteiger partial charge in [0.1, 0.15) is 17.1 Å². The number of hydrogen-bond donors (Lipinski definition) is 1. The van der Waals surface area contributed by atoms with Gasteiger partial charge in [-0.25, -0.2) is 4.98 Å². The third-order valence-electron chi connectivity index (χ3n) is 9.36. The summed E-state index contributed by atoms with van der Waals surface area (Å²) in [5.41, 5.74) is 13.6. The molecule has 0 spiro atoms. The molecule has 0 saturated carbocycles. The van der Waals surface area contributed by atoms with Crippen molar-refractivity contribution in [2.24, 2.45) is 0 Å². The number of hydrogen-bond acceptors (Lipinski definition) is 4. The van der Waals surface area contributed by atoms with Gasteiger partial charge in [0.15, 0.2) is 0 Å². The second-order valence-electron chi connectivity index (χ2n) is 13.2. The summed E-state index contributed by atoms with van der Waals surface area (Å²) in [5.74, 6) is 1.42. The Morgan fingerprint density at radius 3 is 2.30 bits per heavy atom. The van der Waals surface area contributed by atoms with Gasteiger partial charge in [0, 0.05) is 38.3 Å². The fourth-order valence-electron chi connectivity index (χ4n) is 7.10. The predicted molar refractivity (Wildman–Crippen MR) is 186 cm³/mol. The monoisotopic (exact) mass is 783 g/mol.